The first kappa shape index (κ1) is 9.21. The van der Waals surface area contributed by atoms with Crippen LogP contribution in [0.2, 0.25) is 5.02 Å². The monoisotopic (exact) mass is 214 g/mol. The summed E-state index contributed by atoms with van der Waals surface area (Å²) >= 11 is 5.92. The molecule has 0 atom stereocenters. The van der Waals surface area contributed by atoms with Crippen molar-refractivity contribution in [2.75, 3.05) is 6.61 Å². The Morgan fingerprint density at radius 3 is 3.00 bits per heavy atom. The quantitative estimate of drug-likeness (QED) is 0.529. The Labute approximate surface area is 84.8 Å². The molecule has 0 fully saturated rings. The second-order valence-electron chi connectivity index (χ2n) is 3.01. The average Bonchev–Trinajstić information content (AvgIpc) is 2.58. The van der Waals surface area contributed by atoms with E-state index in [1.165, 1.54) is 0 Å². The zero-order chi connectivity index (χ0) is 10.3. The number of pyridine rings is 1. The second-order valence-corrected chi connectivity index (χ2v) is 3.38. The zero-order valence-corrected chi connectivity index (χ0v) is 8.17. The minimum atomic E-state index is -0.528. The second kappa shape index (κ2) is 3.09. The van der Waals surface area contributed by atoms with E-state index < -0.39 is 4.92 Å². The van der Waals surface area contributed by atoms with Crippen LogP contribution >= 0.6 is 11.6 Å². The van der Waals surface area contributed by atoms with Crippen LogP contribution < -0.4 is 4.74 Å². The van der Waals surface area contributed by atoms with Gasteiger partial charge in [0, 0.05) is 0 Å². The molecule has 0 spiro atoms. The molecule has 5 nitrogen and oxygen atoms in total. The standard InChI is InChI=1S/C8H7ClN2O3/c1-4-6(9)7-5(2-3-14-7)10-8(4)11(12)13/h2-3H2,1H3. The van der Waals surface area contributed by atoms with Crippen LogP contribution in [0.5, 0.6) is 5.75 Å². The molecule has 0 unspecified atom stereocenters. The molecule has 0 N–H and O–H groups in total. The van der Waals surface area contributed by atoms with E-state index in [9.17, 15) is 10.1 Å². The van der Waals surface area contributed by atoms with Crippen molar-refractivity contribution in [2.45, 2.75) is 13.3 Å². The Bertz CT molecular complexity index is 420. The van der Waals surface area contributed by atoms with Crippen molar-refractivity contribution < 1.29 is 9.66 Å². The topological polar surface area (TPSA) is 65.3 Å². The Hall–Kier alpha value is -1.36. The first-order chi connectivity index (χ1) is 6.61. The van der Waals surface area contributed by atoms with Crippen LogP contribution in [0, 0.1) is 17.0 Å². The predicted octanol–water partition coefficient (Wildman–Crippen LogP) is 1.89. The van der Waals surface area contributed by atoms with Gasteiger partial charge in [-0.25, -0.2) is 0 Å². The molecular weight excluding hydrogens is 208 g/mol. The Kier molecular flexibility index (Phi) is 2.03. The molecule has 6 heteroatoms. The van der Waals surface area contributed by atoms with Gasteiger partial charge >= 0.3 is 5.82 Å². The molecule has 1 aliphatic heterocycles. The summed E-state index contributed by atoms with van der Waals surface area (Å²) in [6.07, 6.45) is 0.580. The molecule has 1 aromatic heterocycles. The van der Waals surface area contributed by atoms with Crippen molar-refractivity contribution >= 4 is 17.4 Å². The van der Waals surface area contributed by atoms with Gasteiger partial charge < -0.3 is 14.9 Å². The van der Waals surface area contributed by atoms with Gasteiger partial charge in [-0.1, -0.05) is 11.6 Å². The summed E-state index contributed by atoms with van der Waals surface area (Å²) in [6, 6.07) is 0. The maximum Gasteiger partial charge on any atom is 0.368 e. The minimum absolute atomic E-state index is 0.181. The number of halogens is 1. The number of hydrogen-bond acceptors (Lipinski definition) is 4. The summed E-state index contributed by atoms with van der Waals surface area (Å²) in [5.41, 5.74) is 0.935. The van der Waals surface area contributed by atoms with E-state index in [0.717, 1.165) is 0 Å². The predicted molar refractivity (Wildman–Crippen MR) is 49.8 cm³/mol. The summed E-state index contributed by atoms with van der Waals surface area (Å²) < 4.78 is 5.23. The number of aromatic nitrogens is 1. The third kappa shape index (κ3) is 1.21. The molecule has 0 saturated heterocycles. The average molecular weight is 215 g/mol. The van der Waals surface area contributed by atoms with Gasteiger partial charge in [0.05, 0.1) is 23.6 Å². The first-order valence-electron chi connectivity index (χ1n) is 4.07. The Morgan fingerprint density at radius 2 is 2.36 bits per heavy atom. The molecule has 0 aromatic carbocycles. The molecule has 0 amide bonds. The maximum atomic E-state index is 10.6. The van der Waals surface area contributed by atoms with E-state index >= 15 is 0 Å². The molecule has 0 saturated carbocycles. The molecule has 1 aliphatic rings. The highest BCUT2D eigenvalue weighted by Crippen LogP contribution is 2.37. The van der Waals surface area contributed by atoms with Crippen LogP contribution in [0.15, 0.2) is 0 Å². The smallest absolute Gasteiger partial charge is 0.368 e. The molecular formula is C8H7ClN2O3. The highest BCUT2D eigenvalue weighted by molar-refractivity contribution is 6.33. The summed E-state index contributed by atoms with van der Waals surface area (Å²) in [7, 11) is 0. The fourth-order valence-electron chi connectivity index (χ4n) is 1.40. The fourth-order valence-corrected chi connectivity index (χ4v) is 1.65. The van der Waals surface area contributed by atoms with Crippen LogP contribution in [0.3, 0.4) is 0 Å². The zero-order valence-electron chi connectivity index (χ0n) is 7.41. The molecule has 0 radical (unpaired) electrons. The molecule has 74 valence electrons. The first-order valence-corrected chi connectivity index (χ1v) is 4.45. The summed E-state index contributed by atoms with van der Waals surface area (Å²) in [4.78, 5) is 14.0. The van der Waals surface area contributed by atoms with Gasteiger partial charge in [0.15, 0.2) is 11.4 Å². The van der Waals surface area contributed by atoms with Crippen LogP contribution in [-0.2, 0) is 6.42 Å². The van der Waals surface area contributed by atoms with Crippen molar-refractivity contribution in [3.63, 3.8) is 0 Å². The van der Waals surface area contributed by atoms with Crippen LogP contribution in [0.1, 0.15) is 11.3 Å². The largest absolute Gasteiger partial charge is 0.487 e. The highest BCUT2D eigenvalue weighted by Gasteiger charge is 2.28. The van der Waals surface area contributed by atoms with Gasteiger partial charge in [-0.2, -0.15) is 0 Å². The van der Waals surface area contributed by atoms with Crippen LogP contribution in [-0.4, -0.2) is 16.5 Å². The minimum Gasteiger partial charge on any atom is -0.487 e. The Morgan fingerprint density at radius 1 is 1.64 bits per heavy atom. The van der Waals surface area contributed by atoms with Gasteiger partial charge in [-0.15, -0.1) is 0 Å². The number of nitrogens with zero attached hydrogens (tertiary/aromatic N) is 2. The number of nitro groups is 1. The number of fused-ring (bicyclic) bond motifs is 1. The van der Waals surface area contributed by atoms with E-state index in [2.05, 4.69) is 4.98 Å². The van der Waals surface area contributed by atoms with Gasteiger partial charge in [0.25, 0.3) is 0 Å². The van der Waals surface area contributed by atoms with Gasteiger partial charge in [0.2, 0.25) is 0 Å². The molecule has 14 heavy (non-hydrogen) atoms. The van der Waals surface area contributed by atoms with E-state index in [4.69, 9.17) is 16.3 Å². The van der Waals surface area contributed by atoms with Crippen LogP contribution in [0.25, 0.3) is 0 Å². The number of ether oxygens (including phenoxy) is 1. The Balaban J connectivity index is 2.67. The lowest BCUT2D eigenvalue weighted by Crippen LogP contribution is -1.98. The molecule has 1 aromatic rings. The summed E-state index contributed by atoms with van der Waals surface area (Å²) in [6.45, 7) is 2.05. The SMILES string of the molecule is Cc1c([N+](=O)[O-])nc2c(c1Cl)OCC2. The molecule has 0 aliphatic carbocycles. The van der Waals surface area contributed by atoms with Gasteiger partial charge in [-0.05, 0) is 16.8 Å². The lowest BCUT2D eigenvalue weighted by molar-refractivity contribution is -0.390. The normalized spacial score (nSPS) is 13.6. The van der Waals surface area contributed by atoms with Crippen molar-refractivity contribution in [1.82, 2.24) is 4.98 Å². The fraction of sp³-hybridized carbons (Fsp3) is 0.375. The molecule has 2 rings (SSSR count). The van der Waals surface area contributed by atoms with Crippen molar-refractivity contribution in [1.29, 1.82) is 0 Å². The van der Waals surface area contributed by atoms with Crippen molar-refractivity contribution in [2.24, 2.45) is 0 Å². The lowest BCUT2D eigenvalue weighted by Gasteiger charge is -2.03. The highest BCUT2D eigenvalue weighted by atomic mass is 35.5. The van der Waals surface area contributed by atoms with Crippen molar-refractivity contribution in [3.05, 3.63) is 26.4 Å². The third-order valence-electron chi connectivity index (χ3n) is 2.13. The van der Waals surface area contributed by atoms with Gasteiger partial charge in [-0.3, -0.25) is 0 Å². The molecule has 2 heterocycles. The summed E-state index contributed by atoms with van der Waals surface area (Å²) in [5, 5.41) is 10.9. The van der Waals surface area contributed by atoms with E-state index in [-0.39, 0.29) is 5.82 Å². The van der Waals surface area contributed by atoms with Crippen LogP contribution in [0.4, 0.5) is 5.82 Å². The number of hydrogen-bond donors (Lipinski definition) is 0. The number of rotatable bonds is 1. The lowest BCUT2D eigenvalue weighted by atomic mass is 10.2. The van der Waals surface area contributed by atoms with E-state index in [1.807, 2.05) is 0 Å². The van der Waals surface area contributed by atoms with E-state index in [0.29, 0.717) is 35.1 Å². The maximum absolute atomic E-state index is 10.6. The summed E-state index contributed by atoms with van der Waals surface area (Å²) in [5.74, 6) is 0.314. The van der Waals surface area contributed by atoms with Gasteiger partial charge in [0.1, 0.15) is 0 Å². The third-order valence-corrected chi connectivity index (χ3v) is 2.58. The molecule has 0 bridgehead atoms. The van der Waals surface area contributed by atoms with Crippen molar-refractivity contribution in [3.8, 4) is 5.75 Å². The van der Waals surface area contributed by atoms with E-state index in [1.54, 1.807) is 6.92 Å².